The predicted molar refractivity (Wildman–Crippen MR) is 147 cm³/mol. The first kappa shape index (κ1) is 26.5. The number of rotatable bonds is 7. The molecule has 0 aromatic heterocycles. The molecule has 0 spiro atoms. The van der Waals surface area contributed by atoms with Crippen LogP contribution in [-0.4, -0.2) is 32.0 Å². The third kappa shape index (κ3) is 5.74. The van der Waals surface area contributed by atoms with Crippen LogP contribution >= 0.6 is 28.1 Å². The number of benzene rings is 3. The van der Waals surface area contributed by atoms with Crippen molar-refractivity contribution in [3.05, 3.63) is 87.9 Å². The maximum atomic E-state index is 13.2. The quantitative estimate of drug-likeness (QED) is 0.181. The fraction of sp³-hybridized carbons (Fsp3) is 0.115. The Hall–Kier alpha value is -3.54. The summed E-state index contributed by atoms with van der Waals surface area (Å²) in [5.74, 6) is -1.20. The van der Waals surface area contributed by atoms with Crippen molar-refractivity contribution in [3.8, 4) is 11.5 Å². The average Bonchev–Trinajstić information content (AvgIpc) is 2.85. The zero-order chi connectivity index (χ0) is 26.7. The van der Waals surface area contributed by atoms with Crippen molar-refractivity contribution >= 4 is 67.0 Å². The highest BCUT2D eigenvalue weighted by atomic mass is 79.9. The Labute approximate surface area is 228 Å². The molecule has 190 valence electrons. The summed E-state index contributed by atoms with van der Waals surface area (Å²) in [5.41, 5.74) is 1.65. The first-order valence-electron chi connectivity index (χ1n) is 11.0. The highest BCUT2D eigenvalue weighted by Gasteiger charge is 2.34. The lowest BCUT2D eigenvalue weighted by atomic mass is 10.1. The summed E-state index contributed by atoms with van der Waals surface area (Å²) in [5, 5.41) is 2.50. The van der Waals surface area contributed by atoms with Crippen LogP contribution in [0.25, 0.3) is 6.08 Å². The molecule has 3 aromatic rings. The zero-order valence-corrected chi connectivity index (χ0v) is 22.9. The number of anilines is 1. The smallest absolute Gasteiger partial charge is 0.339 e. The molecule has 4 rings (SSSR count). The molecule has 0 saturated carbocycles. The molecule has 1 aliphatic heterocycles. The van der Waals surface area contributed by atoms with Crippen molar-refractivity contribution in [2.75, 3.05) is 11.5 Å². The first-order valence-corrected chi connectivity index (χ1v) is 13.7. The summed E-state index contributed by atoms with van der Waals surface area (Å²) < 4.78 is 37.1. The van der Waals surface area contributed by atoms with Gasteiger partial charge >= 0.3 is 10.1 Å². The van der Waals surface area contributed by atoms with Crippen LogP contribution < -0.4 is 19.1 Å². The van der Waals surface area contributed by atoms with Crippen molar-refractivity contribution < 1.29 is 26.9 Å². The summed E-state index contributed by atoms with van der Waals surface area (Å²) in [4.78, 5) is 27.1. The SMILES string of the molecule is CCOc1cc(/C=C2/C(=O)NC(=S)N(c3ccccc3)C2=O)cc(Br)c1OS(=O)(=O)c1ccc(C)cc1. The number of carbonyl (C=O) groups excluding carboxylic acids is 2. The maximum Gasteiger partial charge on any atom is 0.339 e. The largest absolute Gasteiger partial charge is 0.490 e. The van der Waals surface area contributed by atoms with Crippen LogP contribution in [0.5, 0.6) is 11.5 Å². The van der Waals surface area contributed by atoms with Crippen LogP contribution in [0.2, 0.25) is 0 Å². The van der Waals surface area contributed by atoms with Crippen LogP contribution in [0.3, 0.4) is 0 Å². The maximum absolute atomic E-state index is 13.2. The van der Waals surface area contributed by atoms with Crippen molar-refractivity contribution in [3.63, 3.8) is 0 Å². The normalized spacial score (nSPS) is 15.1. The number of nitrogens with one attached hydrogen (secondary N) is 1. The minimum Gasteiger partial charge on any atom is -0.490 e. The lowest BCUT2D eigenvalue weighted by molar-refractivity contribution is -0.122. The molecule has 1 aliphatic rings. The molecule has 0 unspecified atom stereocenters. The minimum absolute atomic E-state index is 0.0138. The highest BCUT2D eigenvalue weighted by Crippen LogP contribution is 2.39. The molecule has 0 bridgehead atoms. The number of aryl methyl sites for hydroxylation is 1. The van der Waals surface area contributed by atoms with Gasteiger partial charge in [-0.05, 0) is 90.0 Å². The summed E-state index contributed by atoms with van der Waals surface area (Å²) in [6.07, 6.45) is 1.38. The van der Waals surface area contributed by atoms with Gasteiger partial charge < -0.3 is 8.92 Å². The molecule has 11 heteroatoms. The highest BCUT2D eigenvalue weighted by molar-refractivity contribution is 9.10. The third-order valence-corrected chi connectivity index (χ3v) is 7.37. The number of thiocarbonyl (C=S) groups is 1. The predicted octanol–water partition coefficient (Wildman–Crippen LogP) is 4.76. The van der Waals surface area contributed by atoms with Gasteiger partial charge in [-0.1, -0.05) is 35.9 Å². The fourth-order valence-corrected chi connectivity index (χ4v) is 5.40. The molecular weight excluding hydrogens is 580 g/mol. The number of hydrogen-bond donors (Lipinski definition) is 1. The Bertz CT molecular complexity index is 1520. The molecule has 0 radical (unpaired) electrons. The van der Waals surface area contributed by atoms with Gasteiger partial charge in [0, 0.05) is 0 Å². The minimum atomic E-state index is -4.16. The molecular formula is C26H21BrN2O6S2. The van der Waals surface area contributed by atoms with E-state index in [0.717, 1.165) is 5.56 Å². The average molecular weight is 602 g/mol. The molecule has 1 saturated heterocycles. The number of ether oxygens (including phenoxy) is 1. The fourth-order valence-electron chi connectivity index (χ4n) is 3.51. The van der Waals surface area contributed by atoms with E-state index in [1.807, 2.05) is 6.92 Å². The van der Waals surface area contributed by atoms with E-state index in [4.69, 9.17) is 21.1 Å². The van der Waals surface area contributed by atoms with Crippen LogP contribution in [0.1, 0.15) is 18.1 Å². The number of para-hydroxylation sites is 1. The Morgan fingerprint density at radius 3 is 2.38 bits per heavy atom. The zero-order valence-electron chi connectivity index (χ0n) is 19.7. The lowest BCUT2D eigenvalue weighted by Crippen LogP contribution is -2.54. The molecule has 37 heavy (non-hydrogen) atoms. The number of nitrogens with zero attached hydrogens (tertiary/aromatic N) is 1. The molecule has 2 amide bonds. The van der Waals surface area contributed by atoms with Gasteiger partial charge in [-0.3, -0.25) is 19.8 Å². The standard InChI is InChI=1S/C26H21BrN2O6S2/c1-3-34-22-15-17(14-21(27)23(22)35-37(32,33)19-11-9-16(2)10-12-19)13-20-24(30)28-26(36)29(25(20)31)18-7-5-4-6-8-18/h4-15H,3H2,1-2H3,(H,28,30,36)/b20-13-. The Balaban J connectivity index is 1.72. The van der Waals surface area contributed by atoms with Gasteiger partial charge in [0.2, 0.25) is 0 Å². The van der Waals surface area contributed by atoms with Gasteiger partial charge in [0.05, 0.1) is 16.8 Å². The van der Waals surface area contributed by atoms with Gasteiger partial charge in [-0.2, -0.15) is 8.42 Å². The van der Waals surface area contributed by atoms with Gasteiger partial charge in [0.1, 0.15) is 10.5 Å². The van der Waals surface area contributed by atoms with Crippen LogP contribution in [0.15, 0.2) is 81.7 Å². The van der Waals surface area contributed by atoms with Gasteiger partial charge in [-0.15, -0.1) is 0 Å². The van der Waals surface area contributed by atoms with Crippen LogP contribution in [-0.2, 0) is 19.7 Å². The van der Waals surface area contributed by atoms with E-state index in [2.05, 4.69) is 21.2 Å². The van der Waals surface area contributed by atoms with E-state index in [0.29, 0.717) is 11.3 Å². The molecule has 1 N–H and O–H groups in total. The number of carbonyl (C=O) groups is 2. The monoisotopic (exact) mass is 600 g/mol. The second-order valence-electron chi connectivity index (χ2n) is 7.91. The van der Waals surface area contributed by atoms with E-state index in [9.17, 15) is 18.0 Å². The van der Waals surface area contributed by atoms with Crippen LogP contribution in [0, 0.1) is 6.92 Å². The molecule has 8 nitrogen and oxygen atoms in total. The molecule has 1 fully saturated rings. The number of amides is 2. The third-order valence-electron chi connectivity index (χ3n) is 5.26. The van der Waals surface area contributed by atoms with Gasteiger partial charge in [0.25, 0.3) is 11.8 Å². The van der Waals surface area contributed by atoms with Gasteiger partial charge in [0.15, 0.2) is 16.6 Å². The molecule has 0 aliphatic carbocycles. The summed E-state index contributed by atoms with van der Waals surface area (Å²) in [6.45, 7) is 3.79. The van der Waals surface area contributed by atoms with Crippen LogP contribution in [0.4, 0.5) is 5.69 Å². The summed E-state index contributed by atoms with van der Waals surface area (Å²) >= 11 is 8.56. The number of halogens is 1. The second-order valence-corrected chi connectivity index (χ2v) is 10.7. The topological polar surface area (TPSA) is 102 Å². The van der Waals surface area contributed by atoms with E-state index in [1.54, 1.807) is 49.4 Å². The summed E-state index contributed by atoms with van der Waals surface area (Å²) in [7, 11) is -4.16. The van der Waals surface area contributed by atoms with E-state index < -0.39 is 21.9 Å². The van der Waals surface area contributed by atoms with Crippen molar-refractivity contribution in [2.45, 2.75) is 18.7 Å². The second kappa shape index (κ2) is 10.8. The number of hydrogen-bond acceptors (Lipinski definition) is 7. The Morgan fingerprint density at radius 1 is 1.05 bits per heavy atom. The van der Waals surface area contributed by atoms with E-state index in [1.165, 1.54) is 35.2 Å². The molecule has 3 aromatic carbocycles. The molecule has 0 atom stereocenters. The lowest BCUT2D eigenvalue weighted by Gasteiger charge is -2.28. The van der Waals surface area contributed by atoms with Gasteiger partial charge in [-0.25, -0.2) is 0 Å². The molecule has 1 heterocycles. The Kier molecular flexibility index (Phi) is 7.76. The van der Waals surface area contributed by atoms with E-state index >= 15 is 0 Å². The van der Waals surface area contributed by atoms with Crippen molar-refractivity contribution in [1.82, 2.24) is 5.32 Å². The van der Waals surface area contributed by atoms with Crippen molar-refractivity contribution in [2.24, 2.45) is 0 Å². The van der Waals surface area contributed by atoms with Crippen molar-refractivity contribution in [1.29, 1.82) is 0 Å². The first-order chi connectivity index (χ1) is 17.6. The summed E-state index contributed by atoms with van der Waals surface area (Å²) in [6, 6.07) is 17.9. The van der Waals surface area contributed by atoms with E-state index in [-0.39, 0.29) is 38.2 Å². The Morgan fingerprint density at radius 2 is 1.73 bits per heavy atom.